The second-order valence-electron chi connectivity index (χ2n) is 3.48. The normalized spacial score (nSPS) is 11.5. The van der Waals surface area contributed by atoms with Gasteiger partial charge in [0.05, 0.1) is 0 Å². The van der Waals surface area contributed by atoms with E-state index in [1.54, 1.807) is 21.3 Å². The fourth-order valence-corrected chi connectivity index (χ4v) is 3.64. The van der Waals surface area contributed by atoms with E-state index in [-0.39, 0.29) is 0 Å². The molecule has 0 fully saturated rings. The Labute approximate surface area is 92.2 Å². The molecule has 0 aliphatic carbocycles. The monoisotopic (exact) mass is 235 g/mol. The Hall–Kier alpha value is -0.593. The van der Waals surface area contributed by atoms with Gasteiger partial charge in [0.25, 0.3) is 0 Å². The lowest BCUT2D eigenvalue weighted by Crippen LogP contribution is -2.40. The smallest absolute Gasteiger partial charge is 0.407 e. The molecular weight excluding hydrogens is 214 g/mol. The first kappa shape index (κ1) is 14.4. The lowest BCUT2D eigenvalue weighted by molar-refractivity contribution is 0.155. The van der Waals surface area contributed by atoms with E-state index in [0.717, 1.165) is 18.5 Å². The van der Waals surface area contributed by atoms with Crippen LogP contribution in [0.15, 0.2) is 0 Å². The molecule has 0 aromatic rings. The molecule has 0 radical (unpaired) electrons. The molecule has 0 aliphatic rings. The summed E-state index contributed by atoms with van der Waals surface area (Å²) in [6.07, 6.45) is -0.113. The maximum Gasteiger partial charge on any atom is 0.407 e. The zero-order valence-corrected chi connectivity index (χ0v) is 10.9. The summed E-state index contributed by atoms with van der Waals surface area (Å²) >= 11 is 0. The van der Waals surface area contributed by atoms with Crippen LogP contribution >= 0.6 is 0 Å². The first-order chi connectivity index (χ1) is 7.01. The van der Waals surface area contributed by atoms with Crippen LogP contribution in [0.2, 0.25) is 12.1 Å². The minimum atomic E-state index is -2.04. The number of hydrogen-bond acceptors (Lipinski definition) is 3. The summed E-state index contributed by atoms with van der Waals surface area (Å²) in [7, 11) is 2.86. The Morgan fingerprint density at radius 3 is 2.27 bits per heavy atom. The summed E-state index contributed by atoms with van der Waals surface area (Å²) < 4.78 is 10.9. The Morgan fingerprint density at radius 2 is 1.93 bits per heavy atom. The number of carbonyl (C=O) groups is 1. The number of hydrogen-bond donors (Lipinski definition) is 1. The van der Waals surface area contributed by atoms with Crippen LogP contribution in [-0.2, 0) is 8.85 Å². The summed E-state index contributed by atoms with van der Waals surface area (Å²) in [6.45, 7) is 2.57. The fourth-order valence-electron chi connectivity index (χ4n) is 1.43. The van der Waals surface area contributed by atoms with Gasteiger partial charge in [-0.2, -0.15) is 0 Å². The van der Waals surface area contributed by atoms with Crippen molar-refractivity contribution in [2.24, 2.45) is 0 Å². The molecule has 0 rings (SSSR count). The molecule has 1 amide bonds. The van der Waals surface area contributed by atoms with Crippen molar-refractivity contribution in [1.82, 2.24) is 4.90 Å². The minimum absolute atomic E-state index is 0.525. The van der Waals surface area contributed by atoms with Crippen molar-refractivity contribution in [1.29, 1.82) is 0 Å². The van der Waals surface area contributed by atoms with E-state index in [9.17, 15) is 4.79 Å². The first-order valence-electron chi connectivity index (χ1n) is 5.05. The van der Waals surface area contributed by atoms with Crippen LogP contribution in [-0.4, -0.2) is 52.5 Å². The third-order valence-corrected chi connectivity index (χ3v) is 6.34. The van der Waals surface area contributed by atoms with Crippen LogP contribution in [0.3, 0.4) is 0 Å². The highest BCUT2D eigenvalue weighted by Crippen LogP contribution is 2.18. The van der Waals surface area contributed by atoms with Crippen LogP contribution in [0.25, 0.3) is 0 Å². The Kier molecular flexibility index (Phi) is 6.54. The van der Waals surface area contributed by atoms with Crippen LogP contribution < -0.4 is 0 Å². The van der Waals surface area contributed by atoms with Crippen molar-refractivity contribution in [3.05, 3.63) is 0 Å². The van der Waals surface area contributed by atoms with Gasteiger partial charge in [-0.3, -0.25) is 0 Å². The summed E-state index contributed by atoms with van der Waals surface area (Å²) in [5, 5.41) is 8.66. The second-order valence-corrected chi connectivity index (χ2v) is 7.33. The average Bonchev–Trinajstić information content (AvgIpc) is 2.24. The van der Waals surface area contributed by atoms with E-state index in [1.807, 2.05) is 6.92 Å². The quantitative estimate of drug-likeness (QED) is 0.683. The summed E-state index contributed by atoms with van der Waals surface area (Å²) in [6, 6.07) is 1.71. The van der Waals surface area contributed by atoms with Crippen LogP contribution in [0, 0.1) is 0 Å². The van der Waals surface area contributed by atoms with Crippen molar-refractivity contribution in [3.63, 3.8) is 0 Å². The van der Waals surface area contributed by atoms with Gasteiger partial charge in [0, 0.05) is 27.8 Å². The van der Waals surface area contributed by atoms with Gasteiger partial charge >= 0.3 is 14.7 Å². The van der Waals surface area contributed by atoms with Crippen LogP contribution in [0.4, 0.5) is 4.79 Å². The summed E-state index contributed by atoms with van der Waals surface area (Å²) in [5.74, 6) is 0. The van der Waals surface area contributed by atoms with Crippen molar-refractivity contribution in [2.45, 2.75) is 25.4 Å². The number of rotatable bonds is 7. The molecule has 0 aliphatic heterocycles. The highest BCUT2D eigenvalue weighted by molar-refractivity contribution is 6.67. The standard InChI is InChI=1S/C9H21NO4Si/c1-5-15(13-3,14-4)8-6-7-10(2)9(11)12/h5-8H2,1-4H3,(H,11,12). The number of nitrogens with zero attached hydrogens (tertiary/aromatic N) is 1. The van der Waals surface area contributed by atoms with Gasteiger partial charge in [-0.15, -0.1) is 0 Å². The summed E-state index contributed by atoms with van der Waals surface area (Å²) in [4.78, 5) is 11.8. The van der Waals surface area contributed by atoms with Gasteiger partial charge in [0.1, 0.15) is 0 Å². The summed E-state index contributed by atoms with van der Waals surface area (Å²) in [5.41, 5.74) is 0. The number of carboxylic acid groups (broad SMARTS) is 1. The van der Waals surface area contributed by atoms with Crippen molar-refractivity contribution in [2.75, 3.05) is 27.8 Å². The molecular formula is C9H21NO4Si. The highest BCUT2D eigenvalue weighted by atomic mass is 28.4. The molecule has 0 unspecified atom stereocenters. The van der Waals surface area contributed by atoms with E-state index < -0.39 is 14.7 Å². The number of amides is 1. The average molecular weight is 235 g/mol. The third-order valence-electron chi connectivity index (χ3n) is 2.66. The van der Waals surface area contributed by atoms with Gasteiger partial charge in [0.15, 0.2) is 0 Å². The molecule has 15 heavy (non-hydrogen) atoms. The van der Waals surface area contributed by atoms with Gasteiger partial charge < -0.3 is 18.9 Å². The van der Waals surface area contributed by atoms with Gasteiger partial charge in [-0.25, -0.2) is 4.79 Å². The van der Waals surface area contributed by atoms with Gasteiger partial charge in [-0.05, 0) is 18.5 Å². The van der Waals surface area contributed by atoms with Gasteiger partial charge in [0.2, 0.25) is 0 Å². The molecule has 0 atom stereocenters. The molecule has 90 valence electrons. The van der Waals surface area contributed by atoms with E-state index in [1.165, 1.54) is 4.90 Å². The van der Waals surface area contributed by atoms with Crippen molar-refractivity contribution >= 4 is 14.7 Å². The SMILES string of the molecule is CC[Si](CCCN(C)C(=O)O)(OC)OC. The molecule has 0 aromatic heterocycles. The molecule has 0 aromatic carbocycles. The lowest BCUT2D eigenvalue weighted by atomic mass is 10.4. The van der Waals surface area contributed by atoms with E-state index >= 15 is 0 Å². The van der Waals surface area contributed by atoms with E-state index in [2.05, 4.69) is 0 Å². The van der Waals surface area contributed by atoms with Crippen LogP contribution in [0.1, 0.15) is 13.3 Å². The molecule has 0 spiro atoms. The fraction of sp³-hybridized carbons (Fsp3) is 0.889. The molecule has 0 bridgehead atoms. The molecule has 0 heterocycles. The predicted octanol–water partition coefficient (Wildman–Crippen LogP) is 1.74. The van der Waals surface area contributed by atoms with Crippen LogP contribution in [0.5, 0.6) is 0 Å². The Balaban J connectivity index is 3.96. The highest BCUT2D eigenvalue weighted by Gasteiger charge is 2.32. The zero-order chi connectivity index (χ0) is 11.9. The van der Waals surface area contributed by atoms with Gasteiger partial charge in [-0.1, -0.05) is 6.92 Å². The molecule has 5 nitrogen and oxygen atoms in total. The van der Waals surface area contributed by atoms with E-state index in [4.69, 9.17) is 14.0 Å². The maximum absolute atomic E-state index is 10.5. The molecule has 0 saturated carbocycles. The minimum Gasteiger partial charge on any atom is -0.465 e. The molecule has 1 N–H and O–H groups in total. The van der Waals surface area contributed by atoms with Crippen molar-refractivity contribution < 1.29 is 18.8 Å². The third kappa shape index (κ3) is 4.63. The topological polar surface area (TPSA) is 59.0 Å². The van der Waals surface area contributed by atoms with Crippen molar-refractivity contribution in [3.8, 4) is 0 Å². The molecule has 6 heteroatoms. The Bertz CT molecular complexity index is 188. The molecule has 0 saturated heterocycles. The predicted molar refractivity (Wildman–Crippen MR) is 60.3 cm³/mol. The first-order valence-corrected chi connectivity index (χ1v) is 7.28. The largest absolute Gasteiger partial charge is 0.465 e. The lowest BCUT2D eigenvalue weighted by Gasteiger charge is -2.26. The Morgan fingerprint density at radius 1 is 1.40 bits per heavy atom. The maximum atomic E-state index is 10.5. The second kappa shape index (κ2) is 6.81. The zero-order valence-electron chi connectivity index (χ0n) is 9.95. The van der Waals surface area contributed by atoms with E-state index in [0.29, 0.717) is 6.54 Å².